The zero-order valence-electron chi connectivity index (χ0n) is 11.6. The van der Waals surface area contributed by atoms with Crippen molar-refractivity contribution in [3.05, 3.63) is 57.8 Å². The molecule has 1 aromatic carbocycles. The molecule has 1 heterocycles. The van der Waals surface area contributed by atoms with Crippen LogP contribution in [0.15, 0.2) is 28.7 Å². The van der Waals surface area contributed by atoms with Crippen molar-refractivity contribution < 1.29 is 18.7 Å². The predicted octanol–water partition coefficient (Wildman–Crippen LogP) is 3.15. The lowest BCUT2D eigenvalue weighted by Gasteiger charge is -2.16. The molecule has 0 spiro atoms. The number of aliphatic hydroxyl groups excluding tert-OH is 1. The van der Waals surface area contributed by atoms with Crippen LogP contribution in [0.1, 0.15) is 33.5 Å². The third-order valence-corrected chi connectivity index (χ3v) is 3.43. The molecule has 2 N–H and O–H groups in total. The normalized spacial score (nSPS) is 12.2. The number of hydrogen-bond donors (Lipinski definition) is 2. The summed E-state index contributed by atoms with van der Waals surface area (Å²) in [5.41, 5.74) is 0.825. The molecule has 1 unspecified atom stereocenters. The minimum Gasteiger partial charge on any atom is -0.466 e. The summed E-state index contributed by atoms with van der Waals surface area (Å²) < 4.78 is 18.8. The van der Waals surface area contributed by atoms with Crippen LogP contribution in [0.25, 0.3) is 0 Å². The number of carbonyl (C=O) groups is 1. The number of carbonyl (C=O) groups excluding carboxylic acids is 1. The summed E-state index contributed by atoms with van der Waals surface area (Å²) >= 11 is 5.62. The van der Waals surface area contributed by atoms with Crippen molar-refractivity contribution in [2.24, 2.45) is 0 Å². The smallest absolute Gasteiger partial charge is 0.255 e. The van der Waals surface area contributed by atoms with Gasteiger partial charge in [-0.3, -0.25) is 4.79 Å². The molecule has 112 valence electrons. The second kappa shape index (κ2) is 6.28. The molecule has 2 aromatic rings. The molecule has 0 radical (unpaired) electrons. The van der Waals surface area contributed by atoms with Crippen LogP contribution in [-0.4, -0.2) is 17.6 Å². The molecule has 0 bridgehead atoms. The van der Waals surface area contributed by atoms with Crippen molar-refractivity contribution in [1.82, 2.24) is 5.32 Å². The van der Waals surface area contributed by atoms with Crippen molar-refractivity contribution in [1.29, 1.82) is 0 Å². The van der Waals surface area contributed by atoms with Crippen molar-refractivity contribution in [2.45, 2.75) is 19.9 Å². The van der Waals surface area contributed by atoms with Crippen LogP contribution < -0.4 is 5.32 Å². The van der Waals surface area contributed by atoms with Crippen molar-refractivity contribution in [3.8, 4) is 0 Å². The fraction of sp³-hybridized carbons (Fsp3) is 0.267. The Balaban J connectivity index is 2.20. The summed E-state index contributed by atoms with van der Waals surface area (Å²) in [6, 6.07) is 5.02. The SMILES string of the molecule is Cc1cc(C(=O)NC(CO)c2ccc(Cl)c(F)c2)c(C)o1. The highest BCUT2D eigenvalue weighted by atomic mass is 35.5. The van der Waals surface area contributed by atoms with E-state index in [1.54, 1.807) is 26.0 Å². The van der Waals surface area contributed by atoms with E-state index in [1.165, 1.54) is 12.1 Å². The Kier molecular flexibility index (Phi) is 4.65. The number of benzene rings is 1. The van der Waals surface area contributed by atoms with Crippen LogP contribution >= 0.6 is 11.6 Å². The van der Waals surface area contributed by atoms with E-state index in [4.69, 9.17) is 16.0 Å². The Morgan fingerprint density at radius 2 is 2.14 bits per heavy atom. The Morgan fingerprint density at radius 1 is 1.43 bits per heavy atom. The molecule has 0 aliphatic carbocycles. The monoisotopic (exact) mass is 311 g/mol. The number of amides is 1. The molecule has 1 amide bonds. The molecule has 0 fully saturated rings. The minimum atomic E-state index is -0.723. The summed E-state index contributed by atoms with van der Waals surface area (Å²) in [5.74, 6) is 0.121. The lowest BCUT2D eigenvalue weighted by molar-refractivity contribution is 0.0914. The van der Waals surface area contributed by atoms with Gasteiger partial charge in [-0.15, -0.1) is 0 Å². The van der Waals surface area contributed by atoms with Gasteiger partial charge in [0.05, 0.1) is 23.2 Å². The number of nitrogens with one attached hydrogen (secondary N) is 1. The minimum absolute atomic E-state index is 0.0110. The van der Waals surface area contributed by atoms with E-state index >= 15 is 0 Å². The number of aryl methyl sites for hydroxylation is 2. The quantitative estimate of drug-likeness (QED) is 0.911. The molecular weight excluding hydrogens is 297 g/mol. The highest BCUT2D eigenvalue weighted by Crippen LogP contribution is 2.21. The zero-order chi connectivity index (χ0) is 15.6. The van der Waals surface area contributed by atoms with Crippen LogP contribution in [0.3, 0.4) is 0 Å². The molecule has 0 saturated heterocycles. The maximum absolute atomic E-state index is 13.5. The van der Waals surface area contributed by atoms with Gasteiger partial charge in [-0.05, 0) is 37.6 Å². The van der Waals surface area contributed by atoms with Gasteiger partial charge in [0, 0.05) is 0 Å². The first-order valence-corrected chi connectivity index (χ1v) is 6.74. The Hall–Kier alpha value is -1.85. The summed E-state index contributed by atoms with van der Waals surface area (Å²) in [6.45, 7) is 3.06. The molecule has 1 aromatic heterocycles. The maximum atomic E-state index is 13.5. The van der Waals surface area contributed by atoms with Crippen molar-refractivity contribution in [2.75, 3.05) is 6.61 Å². The number of aliphatic hydroxyl groups is 1. The van der Waals surface area contributed by atoms with Gasteiger partial charge in [-0.2, -0.15) is 0 Å². The predicted molar refractivity (Wildman–Crippen MR) is 76.9 cm³/mol. The lowest BCUT2D eigenvalue weighted by atomic mass is 10.1. The molecule has 21 heavy (non-hydrogen) atoms. The van der Waals surface area contributed by atoms with E-state index in [2.05, 4.69) is 5.32 Å². The van der Waals surface area contributed by atoms with Gasteiger partial charge in [0.2, 0.25) is 0 Å². The van der Waals surface area contributed by atoms with E-state index in [0.29, 0.717) is 22.6 Å². The van der Waals surface area contributed by atoms with E-state index in [1.807, 2.05) is 0 Å². The van der Waals surface area contributed by atoms with E-state index in [-0.39, 0.29) is 11.6 Å². The highest BCUT2D eigenvalue weighted by Gasteiger charge is 2.19. The Morgan fingerprint density at radius 3 is 2.67 bits per heavy atom. The van der Waals surface area contributed by atoms with Crippen LogP contribution in [0.5, 0.6) is 0 Å². The van der Waals surface area contributed by atoms with E-state index in [9.17, 15) is 14.3 Å². The summed E-state index contributed by atoms with van der Waals surface area (Å²) in [6.07, 6.45) is 0. The summed E-state index contributed by atoms with van der Waals surface area (Å²) in [7, 11) is 0. The third kappa shape index (κ3) is 3.43. The van der Waals surface area contributed by atoms with Gasteiger partial charge in [-0.1, -0.05) is 17.7 Å². The fourth-order valence-electron chi connectivity index (χ4n) is 2.06. The fourth-order valence-corrected chi connectivity index (χ4v) is 2.17. The van der Waals surface area contributed by atoms with Gasteiger partial charge in [0.1, 0.15) is 17.3 Å². The van der Waals surface area contributed by atoms with E-state index in [0.717, 1.165) is 0 Å². The second-order valence-corrected chi connectivity index (χ2v) is 5.12. The largest absolute Gasteiger partial charge is 0.466 e. The average Bonchev–Trinajstić information content (AvgIpc) is 2.78. The molecule has 0 aliphatic rings. The summed E-state index contributed by atoms with van der Waals surface area (Å²) in [4.78, 5) is 12.2. The number of halogens is 2. The van der Waals surface area contributed by atoms with Gasteiger partial charge < -0.3 is 14.8 Å². The molecule has 6 heteroatoms. The molecule has 0 saturated carbocycles. The van der Waals surface area contributed by atoms with Crippen LogP contribution in [0.2, 0.25) is 5.02 Å². The van der Waals surface area contributed by atoms with Crippen molar-refractivity contribution >= 4 is 17.5 Å². The lowest BCUT2D eigenvalue weighted by Crippen LogP contribution is -2.31. The average molecular weight is 312 g/mol. The first-order chi connectivity index (χ1) is 9.92. The molecule has 0 aliphatic heterocycles. The summed E-state index contributed by atoms with van der Waals surface area (Å²) in [5, 5.41) is 12.0. The maximum Gasteiger partial charge on any atom is 0.255 e. The highest BCUT2D eigenvalue weighted by molar-refractivity contribution is 6.30. The third-order valence-electron chi connectivity index (χ3n) is 3.12. The number of hydrogen-bond acceptors (Lipinski definition) is 3. The molecule has 2 rings (SSSR count). The zero-order valence-corrected chi connectivity index (χ0v) is 12.4. The molecular formula is C15H15ClFNO3. The van der Waals surface area contributed by atoms with Gasteiger partial charge in [0.15, 0.2) is 0 Å². The molecule has 4 nitrogen and oxygen atoms in total. The van der Waals surface area contributed by atoms with Gasteiger partial charge >= 0.3 is 0 Å². The topological polar surface area (TPSA) is 62.5 Å². The number of furan rings is 1. The first-order valence-electron chi connectivity index (χ1n) is 6.36. The van der Waals surface area contributed by atoms with Crippen LogP contribution in [-0.2, 0) is 0 Å². The standard InChI is InChI=1S/C15H15ClFNO3/c1-8-5-11(9(2)21-8)15(20)18-14(7-19)10-3-4-12(16)13(17)6-10/h3-6,14,19H,7H2,1-2H3,(H,18,20). The van der Waals surface area contributed by atoms with Crippen LogP contribution in [0, 0.1) is 19.7 Å². The Labute approximate surface area is 126 Å². The van der Waals surface area contributed by atoms with Crippen molar-refractivity contribution in [3.63, 3.8) is 0 Å². The van der Waals surface area contributed by atoms with E-state index < -0.39 is 17.8 Å². The van der Waals surface area contributed by atoms with Crippen LogP contribution in [0.4, 0.5) is 4.39 Å². The molecule has 1 atom stereocenters. The van der Waals surface area contributed by atoms with Gasteiger partial charge in [0.25, 0.3) is 5.91 Å². The Bertz CT molecular complexity index is 669. The number of rotatable bonds is 4. The second-order valence-electron chi connectivity index (χ2n) is 4.71. The van der Waals surface area contributed by atoms with Gasteiger partial charge in [-0.25, -0.2) is 4.39 Å². The first kappa shape index (κ1) is 15.5.